The molecule has 210 valence electrons. The van der Waals surface area contributed by atoms with Gasteiger partial charge in [-0.05, 0) is 85.1 Å². The van der Waals surface area contributed by atoms with Gasteiger partial charge in [-0.1, -0.05) is 29.8 Å². The summed E-state index contributed by atoms with van der Waals surface area (Å²) in [6, 6.07) is 8.46. The number of aliphatic hydroxyl groups is 1. The van der Waals surface area contributed by atoms with E-state index in [1.807, 2.05) is 0 Å². The first kappa shape index (κ1) is 29.1. The molecule has 1 saturated carbocycles. The van der Waals surface area contributed by atoms with Gasteiger partial charge in [0.2, 0.25) is 0 Å². The summed E-state index contributed by atoms with van der Waals surface area (Å²) in [7, 11) is 0. The zero-order valence-corrected chi connectivity index (χ0v) is 21.8. The van der Waals surface area contributed by atoms with Crippen molar-refractivity contribution < 1.29 is 42.5 Å². The standard InChI is InChI=1S/C26H27F4NOS.C2H2O4/c27-19-5-6-21-24(14-19)33-23-7-4-18(26(28,29)30)13-22(23)25(21)17-8-10-31(11-9-17)15-16-2-1-3-20(32)12-16;3-1(4)2(5)6/h4-7,13-14,16,20,32H,1-3,8-12,15H2;(H,3,4)(H,5,6)/t16-,20-;/m0./s1. The van der Waals surface area contributed by atoms with E-state index in [2.05, 4.69) is 4.90 Å². The Balaban J connectivity index is 0.000000531. The van der Waals surface area contributed by atoms with Crippen LogP contribution in [0.15, 0.2) is 51.8 Å². The molecule has 1 aliphatic carbocycles. The number of piperidine rings is 1. The molecule has 2 aromatic carbocycles. The van der Waals surface area contributed by atoms with Crippen LogP contribution < -0.4 is 0 Å². The van der Waals surface area contributed by atoms with Crippen LogP contribution in [-0.2, 0) is 15.8 Å². The first-order valence-electron chi connectivity index (χ1n) is 12.7. The highest BCUT2D eigenvalue weighted by atomic mass is 32.2. The Labute approximate surface area is 227 Å². The minimum atomic E-state index is -4.41. The van der Waals surface area contributed by atoms with E-state index >= 15 is 0 Å². The second-order valence-electron chi connectivity index (χ2n) is 10.0. The second-order valence-corrected chi connectivity index (χ2v) is 11.1. The van der Waals surface area contributed by atoms with Gasteiger partial charge >= 0.3 is 18.1 Å². The van der Waals surface area contributed by atoms with Crippen molar-refractivity contribution in [2.45, 2.75) is 60.6 Å². The zero-order valence-electron chi connectivity index (χ0n) is 21.0. The lowest BCUT2D eigenvalue weighted by Gasteiger charge is -2.36. The molecule has 0 unspecified atom stereocenters. The van der Waals surface area contributed by atoms with Crippen molar-refractivity contribution in [3.8, 4) is 0 Å². The van der Waals surface area contributed by atoms with Gasteiger partial charge in [-0.2, -0.15) is 13.2 Å². The highest BCUT2D eigenvalue weighted by molar-refractivity contribution is 7.99. The fourth-order valence-electron chi connectivity index (χ4n) is 5.47. The summed E-state index contributed by atoms with van der Waals surface area (Å²) in [4.78, 5) is 22.1. The number of halogens is 4. The summed E-state index contributed by atoms with van der Waals surface area (Å²) in [5, 5.41) is 24.8. The Hall–Kier alpha value is -2.89. The Bertz CT molecular complexity index is 1260. The molecule has 2 fully saturated rings. The van der Waals surface area contributed by atoms with Crippen molar-refractivity contribution >= 4 is 29.3 Å². The Kier molecular flexibility index (Phi) is 9.03. The van der Waals surface area contributed by atoms with Crippen molar-refractivity contribution in [3.05, 3.63) is 64.5 Å². The molecule has 3 aliphatic rings. The summed E-state index contributed by atoms with van der Waals surface area (Å²) >= 11 is 1.33. The average Bonchev–Trinajstić information content (AvgIpc) is 2.87. The summed E-state index contributed by atoms with van der Waals surface area (Å²) in [6.45, 7) is 2.67. The molecule has 39 heavy (non-hydrogen) atoms. The van der Waals surface area contributed by atoms with E-state index < -0.39 is 23.7 Å². The van der Waals surface area contributed by atoms with E-state index in [9.17, 15) is 22.7 Å². The Morgan fingerprint density at radius 1 is 0.949 bits per heavy atom. The van der Waals surface area contributed by atoms with Gasteiger partial charge in [0.05, 0.1) is 11.7 Å². The number of hydrogen-bond acceptors (Lipinski definition) is 5. The molecule has 2 aliphatic heterocycles. The number of carboxylic acid groups (broad SMARTS) is 2. The number of fused-ring (bicyclic) bond motifs is 2. The number of likely N-dealkylation sites (tertiary alicyclic amines) is 1. The molecule has 0 aromatic heterocycles. The van der Waals surface area contributed by atoms with Crippen LogP contribution in [0.25, 0.3) is 5.57 Å². The van der Waals surface area contributed by atoms with Crippen molar-refractivity contribution in [2.75, 3.05) is 19.6 Å². The Morgan fingerprint density at radius 3 is 2.26 bits per heavy atom. The van der Waals surface area contributed by atoms with Crippen LogP contribution >= 0.6 is 11.8 Å². The van der Waals surface area contributed by atoms with Crippen LogP contribution in [0, 0.1) is 11.7 Å². The summed E-state index contributed by atoms with van der Waals surface area (Å²) in [5.74, 6) is -3.48. The van der Waals surface area contributed by atoms with Crippen LogP contribution in [0.2, 0.25) is 0 Å². The lowest BCUT2D eigenvalue weighted by molar-refractivity contribution is -0.159. The van der Waals surface area contributed by atoms with Gasteiger partial charge in [0.25, 0.3) is 0 Å². The van der Waals surface area contributed by atoms with Gasteiger partial charge < -0.3 is 20.2 Å². The minimum absolute atomic E-state index is 0.192. The molecule has 3 N–H and O–H groups in total. The fourth-order valence-corrected chi connectivity index (χ4v) is 6.57. The summed E-state index contributed by atoms with van der Waals surface area (Å²) in [6.07, 6.45) is 0.917. The first-order chi connectivity index (χ1) is 18.4. The van der Waals surface area contributed by atoms with Crippen molar-refractivity contribution in [1.29, 1.82) is 0 Å². The fraction of sp³-hybridized carbons (Fsp3) is 0.429. The quantitative estimate of drug-likeness (QED) is 0.262. The van der Waals surface area contributed by atoms with Crippen molar-refractivity contribution in [2.24, 2.45) is 5.92 Å². The maximum Gasteiger partial charge on any atom is 0.416 e. The van der Waals surface area contributed by atoms with Crippen molar-refractivity contribution in [3.63, 3.8) is 0 Å². The smallest absolute Gasteiger partial charge is 0.416 e. The van der Waals surface area contributed by atoms with Crippen molar-refractivity contribution in [1.82, 2.24) is 4.90 Å². The maximum absolute atomic E-state index is 14.0. The average molecular weight is 568 g/mol. The number of benzene rings is 2. The SMILES string of the molecule is O=C(O)C(=O)O.O[C@H]1CCC[C@H](CN2CCC(=C3c4ccc(F)cc4Sc4ccc(C(F)(F)F)cc43)CC2)C1. The van der Waals surface area contributed by atoms with Crippen LogP contribution in [0.1, 0.15) is 55.2 Å². The molecular weight excluding hydrogens is 538 g/mol. The predicted octanol–water partition coefficient (Wildman–Crippen LogP) is 5.91. The largest absolute Gasteiger partial charge is 0.473 e. The number of hydrogen-bond donors (Lipinski definition) is 3. The van der Waals surface area contributed by atoms with Gasteiger partial charge in [-0.15, -0.1) is 0 Å². The molecule has 0 bridgehead atoms. The zero-order chi connectivity index (χ0) is 28.3. The van der Waals surface area contributed by atoms with E-state index in [1.54, 1.807) is 6.07 Å². The number of alkyl halides is 3. The van der Waals surface area contributed by atoms with E-state index in [-0.39, 0.29) is 11.9 Å². The van der Waals surface area contributed by atoms with Gasteiger partial charge in [0.1, 0.15) is 5.82 Å². The monoisotopic (exact) mass is 567 g/mol. The molecule has 0 spiro atoms. The van der Waals surface area contributed by atoms with E-state index in [4.69, 9.17) is 19.8 Å². The van der Waals surface area contributed by atoms with Gasteiger partial charge in [0, 0.05) is 29.4 Å². The molecule has 0 radical (unpaired) electrons. The third-order valence-electron chi connectivity index (χ3n) is 7.28. The number of carboxylic acids is 2. The van der Waals surface area contributed by atoms with Gasteiger partial charge in [-0.25, -0.2) is 14.0 Å². The van der Waals surface area contributed by atoms with Gasteiger partial charge in [-0.3, -0.25) is 0 Å². The third kappa shape index (κ3) is 7.20. The molecule has 6 nitrogen and oxygen atoms in total. The molecule has 0 amide bonds. The van der Waals surface area contributed by atoms with Crippen LogP contribution in [0.3, 0.4) is 0 Å². The van der Waals surface area contributed by atoms with E-state index in [0.29, 0.717) is 11.5 Å². The number of rotatable bonds is 2. The lowest BCUT2D eigenvalue weighted by Crippen LogP contribution is -2.37. The maximum atomic E-state index is 14.0. The van der Waals surface area contributed by atoms with Crippen LogP contribution in [-0.4, -0.2) is 57.9 Å². The Morgan fingerprint density at radius 2 is 1.64 bits per heavy atom. The summed E-state index contributed by atoms with van der Waals surface area (Å²) in [5.41, 5.74) is 2.76. The first-order valence-corrected chi connectivity index (χ1v) is 13.5. The molecule has 11 heteroatoms. The molecule has 5 rings (SSSR count). The summed E-state index contributed by atoms with van der Waals surface area (Å²) < 4.78 is 54.4. The molecule has 2 heterocycles. The highest BCUT2D eigenvalue weighted by Crippen LogP contribution is 2.49. The highest BCUT2D eigenvalue weighted by Gasteiger charge is 2.34. The van der Waals surface area contributed by atoms with Crippen LogP contribution in [0.4, 0.5) is 17.6 Å². The van der Waals surface area contributed by atoms with Gasteiger partial charge in [0.15, 0.2) is 0 Å². The minimum Gasteiger partial charge on any atom is -0.473 e. The van der Waals surface area contributed by atoms with Crippen LogP contribution in [0.5, 0.6) is 0 Å². The molecule has 2 aromatic rings. The topological polar surface area (TPSA) is 98.1 Å². The number of carbonyl (C=O) groups is 2. The molecular formula is C28H29F4NO5S. The molecule has 2 atom stereocenters. The number of nitrogens with zero attached hydrogens (tertiary/aromatic N) is 1. The molecule has 1 saturated heterocycles. The number of aliphatic hydroxyl groups excluding tert-OH is 1. The van der Waals surface area contributed by atoms with E-state index in [0.717, 1.165) is 90.7 Å². The lowest BCUT2D eigenvalue weighted by atomic mass is 9.85. The third-order valence-corrected chi connectivity index (χ3v) is 8.41. The van der Waals surface area contributed by atoms with E-state index in [1.165, 1.54) is 36.0 Å². The normalized spacial score (nSPS) is 21.4. The number of aliphatic carboxylic acids is 2. The predicted molar refractivity (Wildman–Crippen MR) is 137 cm³/mol. The second kappa shape index (κ2) is 12.1.